The Hall–Kier alpha value is -2.14. The molecule has 0 saturated carbocycles. The summed E-state index contributed by atoms with van der Waals surface area (Å²) in [6.45, 7) is 0. The number of anilines is 2. The molecular formula is C15H11BrN2O2. The zero-order valence-electron chi connectivity index (χ0n) is 10.5. The third-order valence-electron chi connectivity index (χ3n) is 3.25. The Kier molecular flexibility index (Phi) is 3.06. The average molecular weight is 331 g/mol. The van der Waals surface area contributed by atoms with E-state index in [9.17, 15) is 9.59 Å². The fourth-order valence-corrected chi connectivity index (χ4v) is 2.88. The molecular weight excluding hydrogens is 320 g/mol. The molecule has 1 aliphatic heterocycles. The van der Waals surface area contributed by atoms with Gasteiger partial charge in [-0.25, -0.2) is 4.90 Å². The van der Waals surface area contributed by atoms with E-state index in [1.54, 1.807) is 36.4 Å². The number of nitrogens with zero attached hydrogens (tertiary/aromatic N) is 1. The summed E-state index contributed by atoms with van der Waals surface area (Å²) in [5.41, 5.74) is 8.10. The lowest BCUT2D eigenvalue weighted by molar-refractivity contribution is -0.117. The van der Waals surface area contributed by atoms with Crippen LogP contribution in [0.15, 0.2) is 46.9 Å². The molecule has 0 aromatic heterocycles. The predicted molar refractivity (Wildman–Crippen MR) is 80.5 cm³/mol. The van der Waals surface area contributed by atoms with Crippen LogP contribution in [0.25, 0.3) is 0 Å². The van der Waals surface area contributed by atoms with Crippen molar-refractivity contribution in [2.75, 3.05) is 10.6 Å². The van der Waals surface area contributed by atoms with Gasteiger partial charge in [0, 0.05) is 15.7 Å². The van der Waals surface area contributed by atoms with Gasteiger partial charge < -0.3 is 5.73 Å². The molecule has 0 bridgehead atoms. The van der Waals surface area contributed by atoms with Gasteiger partial charge in [-0.2, -0.15) is 0 Å². The van der Waals surface area contributed by atoms with Gasteiger partial charge in [-0.15, -0.1) is 0 Å². The monoisotopic (exact) mass is 330 g/mol. The van der Waals surface area contributed by atoms with Crippen molar-refractivity contribution in [2.45, 2.75) is 6.42 Å². The molecule has 2 aromatic carbocycles. The number of imide groups is 1. The molecule has 20 heavy (non-hydrogen) atoms. The quantitative estimate of drug-likeness (QED) is 0.646. The topological polar surface area (TPSA) is 63.4 Å². The second-order valence-electron chi connectivity index (χ2n) is 4.58. The molecule has 0 atom stereocenters. The summed E-state index contributed by atoms with van der Waals surface area (Å²) < 4.78 is 0.624. The molecule has 0 spiro atoms. The van der Waals surface area contributed by atoms with Crippen LogP contribution >= 0.6 is 15.9 Å². The van der Waals surface area contributed by atoms with E-state index in [1.165, 1.54) is 4.90 Å². The average Bonchev–Trinajstić information content (AvgIpc) is 2.41. The van der Waals surface area contributed by atoms with Gasteiger partial charge in [0.25, 0.3) is 5.91 Å². The lowest BCUT2D eigenvalue weighted by Crippen LogP contribution is -2.42. The molecule has 2 amide bonds. The van der Waals surface area contributed by atoms with E-state index in [0.29, 0.717) is 21.4 Å². The summed E-state index contributed by atoms with van der Waals surface area (Å²) >= 11 is 3.35. The molecule has 0 unspecified atom stereocenters. The lowest BCUT2D eigenvalue weighted by Gasteiger charge is -2.27. The van der Waals surface area contributed by atoms with E-state index < -0.39 is 0 Å². The minimum Gasteiger partial charge on any atom is -0.399 e. The molecule has 100 valence electrons. The van der Waals surface area contributed by atoms with Crippen molar-refractivity contribution in [2.24, 2.45) is 0 Å². The molecule has 4 nitrogen and oxygen atoms in total. The van der Waals surface area contributed by atoms with Gasteiger partial charge in [-0.05, 0) is 45.8 Å². The predicted octanol–water partition coefficient (Wildman–Crippen LogP) is 2.76. The highest BCUT2D eigenvalue weighted by Gasteiger charge is 2.32. The molecule has 5 heteroatoms. The first kappa shape index (κ1) is 12.9. The van der Waals surface area contributed by atoms with Crippen molar-refractivity contribution in [1.82, 2.24) is 0 Å². The van der Waals surface area contributed by atoms with Gasteiger partial charge in [-0.1, -0.05) is 18.2 Å². The fourth-order valence-electron chi connectivity index (χ4n) is 2.31. The van der Waals surface area contributed by atoms with E-state index in [1.807, 2.05) is 6.07 Å². The third kappa shape index (κ3) is 2.00. The van der Waals surface area contributed by atoms with Crippen LogP contribution in [0.4, 0.5) is 11.4 Å². The number of carbonyl (C=O) groups is 2. The Bertz CT molecular complexity index is 728. The van der Waals surface area contributed by atoms with Crippen LogP contribution in [-0.2, 0) is 11.2 Å². The smallest absolute Gasteiger partial charge is 0.265 e. The van der Waals surface area contributed by atoms with Gasteiger partial charge in [0.15, 0.2) is 0 Å². The Balaban J connectivity index is 2.11. The standard InChI is InChI=1S/C15H11BrN2O2/c16-12-8-10(17)5-6-13(12)18-14(19)7-9-3-1-2-4-11(9)15(18)20/h1-6,8H,7,17H2. The second kappa shape index (κ2) is 4.76. The molecule has 0 aliphatic carbocycles. The summed E-state index contributed by atoms with van der Waals surface area (Å²) in [5.74, 6) is -0.540. The molecule has 1 aliphatic rings. The van der Waals surface area contributed by atoms with E-state index in [4.69, 9.17) is 5.73 Å². The number of amides is 2. The maximum Gasteiger partial charge on any atom is 0.265 e. The highest BCUT2D eigenvalue weighted by atomic mass is 79.9. The maximum absolute atomic E-state index is 12.5. The number of hydrogen-bond acceptors (Lipinski definition) is 3. The molecule has 1 heterocycles. The van der Waals surface area contributed by atoms with Crippen LogP contribution < -0.4 is 10.6 Å². The number of benzene rings is 2. The third-order valence-corrected chi connectivity index (χ3v) is 3.89. The minimum absolute atomic E-state index is 0.221. The number of fused-ring (bicyclic) bond motifs is 1. The molecule has 2 N–H and O–H groups in total. The van der Waals surface area contributed by atoms with Crippen LogP contribution in [0.5, 0.6) is 0 Å². The van der Waals surface area contributed by atoms with Crippen LogP contribution in [-0.4, -0.2) is 11.8 Å². The van der Waals surface area contributed by atoms with E-state index in [2.05, 4.69) is 15.9 Å². The first-order valence-corrected chi connectivity index (χ1v) is 6.87. The fraction of sp³-hybridized carbons (Fsp3) is 0.0667. The Morgan fingerprint density at radius 1 is 1.10 bits per heavy atom. The number of nitrogens with two attached hydrogens (primary N) is 1. The maximum atomic E-state index is 12.5. The van der Waals surface area contributed by atoms with Crippen molar-refractivity contribution >= 4 is 39.1 Å². The molecule has 0 radical (unpaired) electrons. The van der Waals surface area contributed by atoms with Crippen LogP contribution in [0, 0.1) is 0 Å². The van der Waals surface area contributed by atoms with Crippen molar-refractivity contribution in [1.29, 1.82) is 0 Å². The highest BCUT2D eigenvalue weighted by Crippen LogP contribution is 2.32. The van der Waals surface area contributed by atoms with E-state index >= 15 is 0 Å². The number of rotatable bonds is 1. The summed E-state index contributed by atoms with van der Waals surface area (Å²) in [7, 11) is 0. The normalized spacial score (nSPS) is 14.3. The first-order valence-electron chi connectivity index (χ1n) is 6.08. The van der Waals surface area contributed by atoms with E-state index in [-0.39, 0.29) is 18.2 Å². The molecule has 0 fully saturated rings. The van der Waals surface area contributed by atoms with Gasteiger partial charge in [0.05, 0.1) is 12.1 Å². The summed E-state index contributed by atoms with van der Waals surface area (Å²) in [6, 6.07) is 12.2. The van der Waals surface area contributed by atoms with Gasteiger partial charge in [-0.3, -0.25) is 9.59 Å². The summed E-state index contributed by atoms with van der Waals surface area (Å²) in [4.78, 5) is 26.0. The molecule has 0 saturated heterocycles. The van der Waals surface area contributed by atoms with Crippen molar-refractivity contribution < 1.29 is 9.59 Å². The van der Waals surface area contributed by atoms with Crippen LogP contribution in [0.1, 0.15) is 15.9 Å². The zero-order valence-corrected chi connectivity index (χ0v) is 12.1. The lowest BCUT2D eigenvalue weighted by atomic mass is 9.98. The van der Waals surface area contributed by atoms with Gasteiger partial charge in [0.2, 0.25) is 5.91 Å². The van der Waals surface area contributed by atoms with Gasteiger partial charge in [0.1, 0.15) is 0 Å². The largest absolute Gasteiger partial charge is 0.399 e. The van der Waals surface area contributed by atoms with E-state index in [0.717, 1.165) is 5.56 Å². The zero-order chi connectivity index (χ0) is 14.3. The summed E-state index contributed by atoms with van der Waals surface area (Å²) in [5, 5.41) is 0. The van der Waals surface area contributed by atoms with Crippen LogP contribution in [0.2, 0.25) is 0 Å². The summed E-state index contributed by atoms with van der Waals surface area (Å²) in [6.07, 6.45) is 0.221. The van der Waals surface area contributed by atoms with Gasteiger partial charge >= 0.3 is 0 Å². The first-order chi connectivity index (χ1) is 9.58. The minimum atomic E-state index is -0.303. The van der Waals surface area contributed by atoms with Crippen molar-refractivity contribution in [3.8, 4) is 0 Å². The number of carbonyl (C=O) groups excluding carboxylic acids is 2. The number of hydrogen-bond donors (Lipinski definition) is 1. The SMILES string of the molecule is Nc1ccc(N2C(=O)Cc3ccccc3C2=O)c(Br)c1. The molecule has 3 rings (SSSR count). The van der Waals surface area contributed by atoms with Crippen LogP contribution in [0.3, 0.4) is 0 Å². The highest BCUT2D eigenvalue weighted by molar-refractivity contribution is 9.10. The molecule has 2 aromatic rings. The second-order valence-corrected chi connectivity index (χ2v) is 5.43. The van der Waals surface area contributed by atoms with Crippen molar-refractivity contribution in [3.05, 3.63) is 58.1 Å². The number of nitrogen functional groups attached to an aromatic ring is 1. The Morgan fingerprint density at radius 3 is 2.60 bits per heavy atom. The Labute approximate surface area is 124 Å². The van der Waals surface area contributed by atoms with Crippen molar-refractivity contribution in [3.63, 3.8) is 0 Å². The number of halogens is 1. The Morgan fingerprint density at radius 2 is 1.85 bits per heavy atom.